The number of aryl methyl sites for hydroxylation is 2. The topological polar surface area (TPSA) is 34.1 Å². The number of halogens is 1. The molecule has 0 radical (unpaired) electrons. The molecule has 4 heteroatoms. The van der Waals surface area contributed by atoms with E-state index >= 15 is 0 Å². The molecule has 0 aliphatic heterocycles. The molecule has 0 atom stereocenters. The largest absolute Gasteiger partial charge is 0.232 e. The summed E-state index contributed by atoms with van der Waals surface area (Å²) in [6.45, 7) is 2.07. The van der Waals surface area contributed by atoms with Crippen LogP contribution in [0.5, 0.6) is 0 Å². The van der Waals surface area contributed by atoms with Gasteiger partial charge in [-0.3, -0.25) is 0 Å². The van der Waals surface area contributed by atoms with Crippen LogP contribution in [0.25, 0.3) is 0 Å². The predicted molar refractivity (Wildman–Crippen MR) is 59.2 cm³/mol. The minimum Gasteiger partial charge on any atom is -0.212 e. The Balaban J connectivity index is 2.68. The highest BCUT2D eigenvalue weighted by atomic mass is 35.7. The summed E-state index contributed by atoms with van der Waals surface area (Å²) in [7, 11) is 1.76. The van der Waals surface area contributed by atoms with E-state index in [9.17, 15) is 8.42 Å². The summed E-state index contributed by atoms with van der Waals surface area (Å²) in [5.41, 5.74) is 2.24. The molecule has 0 aromatic heterocycles. The van der Waals surface area contributed by atoms with E-state index in [-0.39, 0.29) is 5.75 Å². The lowest BCUT2D eigenvalue weighted by atomic mass is 10.1. The summed E-state index contributed by atoms with van der Waals surface area (Å²) in [6.07, 6.45) is 1.45. The average Bonchev–Trinajstić information content (AvgIpc) is 2.14. The third-order valence-corrected chi connectivity index (χ3v) is 3.19. The smallest absolute Gasteiger partial charge is 0.212 e. The van der Waals surface area contributed by atoms with Crippen molar-refractivity contribution in [2.75, 3.05) is 5.75 Å². The van der Waals surface area contributed by atoms with E-state index in [0.29, 0.717) is 6.42 Å². The standard InChI is InChI=1S/C10H13ClO2S/c1-2-9-4-3-5-10(8-9)6-7-14(11,12)13/h3-5,8H,2,6-7H2,1H3. The van der Waals surface area contributed by atoms with Gasteiger partial charge in [0.1, 0.15) is 0 Å². The van der Waals surface area contributed by atoms with Gasteiger partial charge in [-0.05, 0) is 24.0 Å². The highest BCUT2D eigenvalue weighted by Gasteiger charge is 2.05. The fourth-order valence-corrected chi connectivity index (χ4v) is 1.96. The summed E-state index contributed by atoms with van der Waals surface area (Å²) < 4.78 is 21.4. The highest BCUT2D eigenvalue weighted by molar-refractivity contribution is 8.13. The Kier molecular flexibility index (Phi) is 3.96. The van der Waals surface area contributed by atoms with E-state index < -0.39 is 9.05 Å². The number of benzene rings is 1. The number of hydrogen-bond acceptors (Lipinski definition) is 2. The number of rotatable bonds is 4. The Morgan fingerprint density at radius 3 is 2.50 bits per heavy atom. The van der Waals surface area contributed by atoms with E-state index in [1.54, 1.807) is 0 Å². The lowest BCUT2D eigenvalue weighted by molar-refractivity contribution is 0.609. The van der Waals surface area contributed by atoms with Crippen molar-refractivity contribution in [3.8, 4) is 0 Å². The molecule has 1 rings (SSSR count). The van der Waals surface area contributed by atoms with Gasteiger partial charge in [0.05, 0.1) is 5.75 Å². The van der Waals surface area contributed by atoms with Crippen LogP contribution in [0.3, 0.4) is 0 Å². The van der Waals surface area contributed by atoms with Gasteiger partial charge in [0.2, 0.25) is 9.05 Å². The average molecular weight is 233 g/mol. The molecule has 2 nitrogen and oxygen atoms in total. The first-order valence-corrected chi connectivity index (χ1v) is 6.99. The predicted octanol–water partition coefficient (Wildman–Crippen LogP) is 2.36. The van der Waals surface area contributed by atoms with Crippen molar-refractivity contribution in [2.24, 2.45) is 0 Å². The van der Waals surface area contributed by atoms with Crippen LogP contribution in [-0.2, 0) is 21.9 Å². The third kappa shape index (κ3) is 4.11. The zero-order chi connectivity index (χ0) is 10.6. The van der Waals surface area contributed by atoms with Crippen LogP contribution in [0.1, 0.15) is 18.1 Å². The van der Waals surface area contributed by atoms with Crippen LogP contribution in [0.4, 0.5) is 0 Å². The van der Waals surface area contributed by atoms with Crippen molar-refractivity contribution < 1.29 is 8.42 Å². The van der Waals surface area contributed by atoms with Crippen molar-refractivity contribution in [3.05, 3.63) is 35.4 Å². The molecule has 0 heterocycles. The van der Waals surface area contributed by atoms with Gasteiger partial charge in [0.15, 0.2) is 0 Å². The maximum atomic E-state index is 10.7. The van der Waals surface area contributed by atoms with Crippen LogP contribution in [-0.4, -0.2) is 14.2 Å². The molecule has 0 amide bonds. The molecule has 0 spiro atoms. The van der Waals surface area contributed by atoms with Gasteiger partial charge in [-0.1, -0.05) is 31.2 Å². The molecule has 0 N–H and O–H groups in total. The molecule has 0 fully saturated rings. The second-order valence-electron chi connectivity index (χ2n) is 3.17. The minimum absolute atomic E-state index is 0.00171. The fourth-order valence-electron chi connectivity index (χ4n) is 1.24. The van der Waals surface area contributed by atoms with Crippen LogP contribution in [0.2, 0.25) is 0 Å². The molecular formula is C10H13ClO2S. The van der Waals surface area contributed by atoms with Crippen molar-refractivity contribution in [2.45, 2.75) is 19.8 Å². The van der Waals surface area contributed by atoms with Crippen LogP contribution in [0, 0.1) is 0 Å². The summed E-state index contributed by atoms with van der Waals surface area (Å²) >= 11 is 0. The molecule has 1 aromatic carbocycles. The van der Waals surface area contributed by atoms with Gasteiger partial charge in [-0.2, -0.15) is 0 Å². The van der Waals surface area contributed by atoms with Gasteiger partial charge < -0.3 is 0 Å². The normalized spacial score (nSPS) is 11.6. The maximum absolute atomic E-state index is 10.7. The molecule has 0 saturated carbocycles. The van der Waals surface area contributed by atoms with E-state index in [2.05, 4.69) is 6.92 Å². The van der Waals surface area contributed by atoms with Crippen molar-refractivity contribution >= 4 is 19.7 Å². The van der Waals surface area contributed by atoms with Crippen molar-refractivity contribution in [3.63, 3.8) is 0 Å². The molecule has 0 aliphatic rings. The fraction of sp³-hybridized carbons (Fsp3) is 0.400. The first-order valence-electron chi connectivity index (χ1n) is 4.51. The number of hydrogen-bond donors (Lipinski definition) is 0. The minimum atomic E-state index is -3.37. The van der Waals surface area contributed by atoms with Gasteiger partial charge in [0, 0.05) is 10.7 Å². The van der Waals surface area contributed by atoms with Crippen molar-refractivity contribution in [1.29, 1.82) is 0 Å². The maximum Gasteiger partial charge on any atom is 0.232 e. The summed E-state index contributed by atoms with van der Waals surface area (Å²) in [6, 6.07) is 7.90. The molecule has 0 saturated heterocycles. The Bertz CT molecular complexity index is 398. The molecule has 1 aromatic rings. The Morgan fingerprint density at radius 2 is 1.93 bits per heavy atom. The van der Waals surface area contributed by atoms with Gasteiger partial charge in [0.25, 0.3) is 0 Å². The molecule has 0 aliphatic carbocycles. The van der Waals surface area contributed by atoms with Gasteiger partial charge >= 0.3 is 0 Å². The molecule has 14 heavy (non-hydrogen) atoms. The van der Waals surface area contributed by atoms with Crippen LogP contribution >= 0.6 is 10.7 Å². The second-order valence-corrected chi connectivity index (χ2v) is 6.06. The van der Waals surface area contributed by atoms with E-state index in [1.165, 1.54) is 5.56 Å². The zero-order valence-electron chi connectivity index (χ0n) is 8.03. The first kappa shape index (κ1) is 11.5. The molecular weight excluding hydrogens is 220 g/mol. The Hall–Kier alpha value is -0.540. The lowest BCUT2D eigenvalue weighted by Crippen LogP contribution is -2.01. The van der Waals surface area contributed by atoms with Gasteiger partial charge in [-0.25, -0.2) is 8.42 Å². The van der Waals surface area contributed by atoms with E-state index in [1.807, 2.05) is 24.3 Å². The van der Waals surface area contributed by atoms with Crippen LogP contribution in [0.15, 0.2) is 24.3 Å². The van der Waals surface area contributed by atoms with Crippen molar-refractivity contribution in [1.82, 2.24) is 0 Å². The first-order chi connectivity index (χ1) is 6.51. The van der Waals surface area contributed by atoms with Crippen LogP contribution < -0.4 is 0 Å². The summed E-state index contributed by atoms with van der Waals surface area (Å²) in [5.74, 6) is 0.00171. The quantitative estimate of drug-likeness (QED) is 0.747. The zero-order valence-corrected chi connectivity index (χ0v) is 9.61. The third-order valence-electron chi connectivity index (χ3n) is 2.03. The molecule has 78 valence electrons. The second kappa shape index (κ2) is 4.80. The van der Waals surface area contributed by atoms with E-state index in [0.717, 1.165) is 12.0 Å². The monoisotopic (exact) mass is 232 g/mol. The Labute approximate surface area is 89.3 Å². The Morgan fingerprint density at radius 1 is 1.29 bits per heavy atom. The highest BCUT2D eigenvalue weighted by Crippen LogP contribution is 2.08. The summed E-state index contributed by atoms with van der Waals surface area (Å²) in [4.78, 5) is 0. The molecule has 0 bridgehead atoms. The lowest BCUT2D eigenvalue weighted by Gasteiger charge is -2.01. The summed E-state index contributed by atoms with van der Waals surface area (Å²) in [5, 5.41) is 0. The molecule has 0 unspecified atom stereocenters. The van der Waals surface area contributed by atoms with Gasteiger partial charge in [-0.15, -0.1) is 0 Å². The SMILES string of the molecule is CCc1cccc(CCS(=O)(=O)Cl)c1. The van der Waals surface area contributed by atoms with E-state index in [4.69, 9.17) is 10.7 Å².